The third kappa shape index (κ3) is 2.36. The Bertz CT molecular complexity index is 665. The highest BCUT2D eigenvalue weighted by Crippen LogP contribution is 2.29. The van der Waals surface area contributed by atoms with Gasteiger partial charge in [-0.1, -0.05) is 0 Å². The lowest BCUT2D eigenvalue weighted by molar-refractivity contribution is 0.0694. The molecule has 0 spiro atoms. The van der Waals surface area contributed by atoms with Gasteiger partial charge in [-0.25, -0.2) is 9.89 Å². The highest BCUT2D eigenvalue weighted by atomic mass is 16.5. The van der Waals surface area contributed by atoms with Gasteiger partial charge < -0.3 is 14.9 Å². The van der Waals surface area contributed by atoms with Crippen LogP contribution < -0.4 is 4.74 Å². The summed E-state index contributed by atoms with van der Waals surface area (Å²) in [5, 5.41) is 24.1. The van der Waals surface area contributed by atoms with Gasteiger partial charge in [0.05, 0.1) is 24.1 Å². The van der Waals surface area contributed by atoms with E-state index in [0.717, 1.165) is 6.20 Å². The smallest absolute Gasteiger partial charge is 0.342 e. The van der Waals surface area contributed by atoms with E-state index in [0.29, 0.717) is 12.0 Å². The molecule has 2 rings (SSSR count). The average Bonchev–Trinajstić information content (AvgIpc) is 2.89. The molecule has 0 saturated carbocycles. The van der Waals surface area contributed by atoms with E-state index in [4.69, 9.17) is 14.9 Å². The quantitative estimate of drug-likeness (QED) is 0.693. The van der Waals surface area contributed by atoms with Crippen molar-refractivity contribution in [2.45, 2.75) is 13.5 Å². The van der Waals surface area contributed by atoms with Gasteiger partial charge in [0.2, 0.25) is 5.88 Å². The average molecular weight is 277 g/mol. The summed E-state index contributed by atoms with van der Waals surface area (Å²) in [6.07, 6.45) is 2.97. The lowest BCUT2D eigenvalue weighted by atomic mass is 10.1. The van der Waals surface area contributed by atoms with Crippen molar-refractivity contribution in [1.82, 2.24) is 15.2 Å². The van der Waals surface area contributed by atoms with Gasteiger partial charge in [0, 0.05) is 11.8 Å². The number of aromatic amines is 1. The van der Waals surface area contributed by atoms with Crippen LogP contribution in [0.1, 0.15) is 32.0 Å². The summed E-state index contributed by atoms with van der Waals surface area (Å²) in [4.78, 5) is 26.1. The van der Waals surface area contributed by atoms with Crippen molar-refractivity contribution in [3.8, 4) is 11.6 Å². The molecular formula is C12H11N3O5. The van der Waals surface area contributed by atoms with Crippen LogP contribution in [0, 0.1) is 6.92 Å². The van der Waals surface area contributed by atoms with Crippen LogP contribution in [0.3, 0.4) is 0 Å². The monoisotopic (exact) mass is 277 g/mol. The maximum atomic E-state index is 11.1. The fraction of sp³-hybridized carbons (Fsp3) is 0.167. The zero-order valence-corrected chi connectivity index (χ0v) is 10.5. The number of carbonyl (C=O) groups excluding carboxylic acids is 1. The summed E-state index contributed by atoms with van der Waals surface area (Å²) in [6, 6.07) is 0. The molecule has 0 atom stereocenters. The first-order valence-electron chi connectivity index (χ1n) is 5.57. The number of pyridine rings is 1. The number of aliphatic hydroxyl groups excluding tert-OH is 1. The van der Waals surface area contributed by atoms with Gasteiger partial charge in [0.1, 0.15) is 5.56 Å². The molecule has 8 heteroatoms. The van der Waals surface area contributed by atoms with Crippen LogP contribution in [0.15, 0.2) is 12.4 Å². The minimum Gasteiger partial charge on any atom is -0.477 e. The molecule has 2 aromatic rings. The summed E-state index contributed by atoms with van der Waals surface area (Å²) < 4.78 is 5.40. The van der Waals surface area contributed by atoms with Crippen molar-refractivity contribution >= 4 is 12.3 Å². The topological polar surface area (TPSA) is 125 Å². The van der Waals surface area contributed by atoms with E-state index in [1.807, 2.05) is 0 Å². The Balaban J connectivity index is 2.50. The number of carboxylic acid groups (broad SMARTS) is 1. The van der Waals surface area contributed by atoms with Crippen LogP contribution in [0.25, 0.3) is 0 Å². The number of ether oxygens (including phenoxy) is 1. The first kappa shape index (κ1) is 13.7. The molecule has 8 nitrogen and oxygen atoms in total. The predicted octanol–water partition coefficient (Wildman–Crippen LogP) is 0.908. The maximum Gasteiger partial charge on any atom is 0.342 e. The summed E-state index contributed by atoms with van der Waals surface area (Å²) in [7, 11) is 0. The second-order valence-electron chi connectivity index (χ2n) is 3.91. The molecule has 2 aromatic heterocycles. The maximum absolute atomic E-state index is 11.1. The second-order valence-corrected chi connectivity index (χ2v) is 3.91. The molecule has 20 heavy (non-hydrogen) atoms. The van der Waals surface area contributed by atoms with Gasteiger partial charge in [-0.3, -0.25) is 9.78 Å². The van der Waals surface area contributed by atoms with Crippen LogP contribution in [-0.2, 0) is 6.61 Å². The number of nitrogens with one attached hydrogen (secondary N) is 1. The molecule has 0 aliphatic carbocycles. The van der Waals surface area contributed by atoms with E-state index in [1.54, 1.807) is 6.92 Å². The predicted molar refractivity (Wildman–Crippen MR) is 65.9 cm³/mol. The molecule has 104 valence electrons. The number of aromatic nitrogens is 3. The second kappa shape index (κ2) is 5.49. The number of aromatic carboxylic acids is 1. The van der Waals surface area contributed by atoms with Crippen LogP contribution in [0.2, 0.25) is 0 Å². The lowest BCUT2D eigenvalue weighted by Gasteiger charge is -2.11. The first-order chi connectivity index (χ1) is 9.58. The van der Waals surface area contributed by atoms with E-state index in [2.05, 4.69) is 15.2 Å². The molecule has 0 fully saturated rings. The molecular weight excluding hydrogens is 266 g/mol. The molecule has 0 aliphatic heterocycles. The Morgan fingerprint density at radius 3 is 2.85 bits per heavy atom. The lowest BCUT2D eigenvalue weighted by Crippen LogP contribution is -2.04. The normalized spacial score (nSPS) is 10.3. The van der Waals surface area contributed by atoms with Crippen molar-refractivity contribution in [2.24, 2.45) is 0 Å². The molecule has 0 unspecified atom stereocenters. The van der Waals surface area contributed by atoms with Crippen molar-refractivity contribution in [3.63, 3.8) is 0 Å². The Hall–Kier alpha value is -2.74. The van der Waals surface area contributed by atoms with Crippen molar-refractivity contribution in [3.05, 3.63) is 34.8 Å². The standard InChI is InChI=1S/C12H11N3O5/c1-6-10(9(5-17)7(4-16)2-13-6)20-11-8(12(18)19)3-14-15-11/h2-3,5,16H,4H2,1H3,(H,14,15)(H,18,19). The fourth-order valence-corrected chi connectivity index (χ4v) is 1.63. The molecule has 0 aliphatic rings. The summed E-state index contributed by atoms with van der Waals surface area (Å²) >= 11 is 0. The van der Waals surface area contributed by atoms with Gasteiger partial charge in [-0.05, 0) is 6.92 Å². The van der Waals surface area contributed by atoms with Crippen molar-refractivity contribution < 1.29 is 24.5 Å². The minimum atomic E-state index is -1.22. The number of hydrogen-bond acceptors (Lipinski definition) is 6. The Morgan fingerprint density at radius 2 is 2.25 bits per heavy atom. The van der Waals surface area contributed by atoms with Gasteiger partial charge in [-0.15, -0.1) is 0 Å². The zero-order chi connectivity index (χ0) is 14.7. The van der Waals surface area contributed by atoms with E-state index in [9.17, 15) is 9.59 Å². The van der Waals surface area contributed by atoms with Crippen LogP contribution >= 0.6 is 0 Å². The Kier molecular flexibility index (Phi) is 3.76. The molecule has 0 radical (unpaired) electrons. The molecule has 0 bridgehead atoms. The third-order valence-electron chi connectivity index (χ3n) is 2.66. The van der Waals surface area contributed by atoms with Gasteiger partial charge in [0.25, 0.3) is 0 Å². The minimum absolute atomic E-state index is 0.0818. The summed E-state index contributed by atoms with van der Waals surface area (Å²) in [5.41, 5.74) is 0.619. The summed E-state index contributed by atoms with van der Waals surface area (Å²) in [6.45, 7) is 1.22. The fourth-order valence-electron chi connectivity index (χ4n) is 1.63. The van der Waals surface area contributed by atoms with Crippen LogP contribution in [0.4, 0.5) is 0 Å². The highest BCUT2D eigenvalue weighted by Gasteiger charge is 2.19. The van der Waals surface area contributed by atoms with Gasteiger partial charge >= 0.3 is 5.97 Å². The van der Waals surface area contributed by atoms with Crippen molar-refractivity contribution in [2.75, 3.05) is 0 Å². The number of aliphatic hydroxyl groups is 1. The highest BCUT2D eigenvalue weighted by molar-refractivity contribution is 5.90. The van der Waals surface area contributed by atoms with Gasteiger partial charge in [0.15, 0.2) is 12.0 Å². The first-order valence-corrected chi connectivity index (χ1v) is 5.57. The summed E-state index contributed by atoms with van der Waals surface area (Å²) in [5.74, 6) is -1.25. The Labute approximate surface area is 113 Å². The number of carbonyl (C=O) groups is 2. The Morgan fingerprint density at radius 1 is 1.50 bits per heavy atom. The van der Waals surface area contributed by atoms with E-state index < -0.39 is 5.97 Å². The number of hydrogen-bond donors (Lipinski definition) is 3. The van der Waals surface area contributed by atoms with E-state index in [1.165, 1.54) is 6.20 Å². The largest absolute Gasteiger partial charge is 0.477 e. The number of H-pyrrole nitrogens is 1. The molecule has 0 amide bonds. The van der Waals surface area contributed by atoms with Crippen LogP contribution in [0.5, 0.6) is 11.6 Å². The van der Waals surface area contributed by atoms with Gasteiger partial charge in [-0.2, -0.15) is 5.10 Å². The van der Waals surface area contributed by atoms with E-state index >= 15 is 0 Å². The van der Waals surface area contributed by atoms with E-state index in [-0.39, 0.29) is 34.9 Å². The zero-order valence-electron chi connectivity index (χ0n) is 10.5. The SMILES string of the molecule is Cc1ncc(CO)c(C=O)c1Oc1[nH]ncc1C(=O)O. The molecule has 0 aromatic carbocycles. The molecule has 3 N–H and O–H groups in total. The molecule has 2 heterocycles. The third-order valence-corrected chi connectivity index (χ3v) is 2.66. The molecule has 0 saturated heterocycles. The number of nitrogens with zero attached hydrogens (tertiary/aromatic N) is 2. The number of rotatable bonds is 5. The van der Waals surface area contributed by atoms with Crippen LogP contribution in [-0.4, -0.2) is 37.6 Å². The number of carboxylic acids is 1. The number of aldehydes is 1. The van der Waals surface area contributed by atoms with Crippen molar-refractivity contribution in [1.29, 1.82) is 0 Å². The number of aryl methyl sites for hydroxylation is 1.